The number of aliphatic carboxylic acids is 1. The van der Waals surface area contributed by atoms with Crippen LogP contribution in [0.25, 0.3) is 0 Å². The standard InChI is InChI=1S/C22H38ClNO2/c1-2-13-22(15-9-16-22)14-7-8-17-24-18-12-19(23)20(24)10-5-3-4-6-11-21(25)26/h3,5,19-20H,2,4,6-18H2,1H3,(H,25,26)/b5-3-/t19-,20+/m1/s1. The van der Waals surface area contributed by atoms with Gasteiger partial charge in [0.2, 0.25) is 0 Å². The molecule has 0 aromatic carbocycles. The molecule has 0 unspecified atom stereocenters. The molecule has 2 rings (SSSR count). The minimum absolute atomic E-state index is 0.261. The first-order chi connectivity index (χ1) is 12.6. The van der Waals surface area contributed by atoms with Crippen LogP contribution in [0, 0.1) is 5.41 Å². The first-order valence-electron chi connectivity index (χ1n) is 10.8. The number of allylic oxidation sites excluding steroid dienone is 1. The van der Waals surface area contributed by atoms with Crippen molar-refractivity contribution in [1.29, 1.82) is 0 Å². The van der Waals surface area contributed by atoms with Crippen LogP contribution in [0.2, 0.25) is 0 Å². The fourth-order valence-corrected chi connectivity index (χ4v) is 5.18. The van der Waals surface area contributed by atoms with Crippen LogP contribution in [-0.2, 0) is 4.79 Å². The predicted molar refractivity (Wildman–Crippen MR) is 110 cm³/mol. The third-order valence-electron chi connectivity index (χ3n) is 6.48. The summed E-state index contributed by atoms with van der Waals surface area (Å²) in [5, 5.41) is 8.93. The van der Waals surface area contributed by atoms with Crippen LogP contribution in [0.15, 0.2) is 12.2 Å². The van der Waals surface area contributed by atoms with Gasteiger partial charge in [-0.05, 0) is 76.3 Å². The molecule has 0 amide bonds. The molecule has 2 aliphatic rings. The molecule has 1 heterocycles. The van der Waals surface area contributed by atoms with Crippen molar-refractivity contribution in [3.63, 3.8) is 0 Å². The Morgan fingerprint density at radius 1 is 1.23 bits per heavy atom. The van der Waals surface area contributed by atoms with Gasteiger partial charge in [0.05, 0.1) is 5.38 Å². The molecule has 0 aromatic rings. The van der Waals surface area contributed by atoms with Crippen molar-refractivity contribution in [3.05, 3.63) is 12.2 Å². The van der Waals surface area contributed by atoms with Crippen LogP contribution in [0.4, 0.5) is 0 Å². The maximum absolute atomic E-state index is 10.5. The number of unbranched alkanes of at least 4 members (excludes halogenated alkanes) is 2. The second-order valence-electron chi connectivity index (χ2n) is 8.46. The molecule has 0 aromatic heterocycles. The van der Waals surface area contributed by atoms with Crippen LogP contribution in [0.1, 0.15) is 90.4 Å². The average molecular weight is 384 g/mol. The maximum Gasteiger partial charge on any atom is 0.303 e. The lowest BCUT2D eigenvalue weighted by Gasteiger charge is -2.42. The topological polar surface area (TPSA) is 40.5 Å². The molecule has 150 valence electrons. The largest absolute Gasteiger partial charge is 0.481 e. The minimum Gasteiger partial charge on any atom is -0.481 e. The van der Waals surface area contributed by atoms with Crippen LogP contribution in [0.3, 0.4) is 0 Å². The number of carboxylic acid groups (broad SMARTS) is 1. The van der Waals surface area contributed by atoms with E-state index in [0.717, 1.165) is 32.2 Å². The molecule has 0 spiro atoms. The molecule has 1 saturated heterocycles. The van der Waals surface area contributed by atoms with Gasteiger partial charge < -0.3 is 5.11 Å². The van der Waals surface area contributed by atoms with Crippen molar-refractivity contribution in [2.75, 3.05) is 13.1 Å². The van der Waals surface area contributed by atoms with E-state index in [1.165, 1.54) is 57.9 Å². The predicted octanol–water partition coefficient (Wildman–Crippen LogP) is 6.01. The van der Waals surface area contributed by atoms with E-state index in [0.29, 0.717) is 11.5 Å². The Kier molecular flexibility index (Phi) is 9.49. The lowest BCUT2D eigenvalue weighted by atomic mass is 9.63. The molecule has 2 atom stereocenters. The van der Waals surface area contributed by atoms with Crippen LogP contribution < -0.4 is 0 Å². The molecule has 26 heavy (non-hydrogen) atoms. The highest BCUT2D eigenvalue weighted by molar-refractivity contribution is 6.21. The van der Waals surface area contributed by atoms with Crippen LogP contribution in [-0.4, -0.2) is 40.5 Å². The molecule has 1 aliphatic heterocycles. The maximum atomic E-state index is 10.5. The van der Waals surface area contributed by atoms with Crippen molar-refractivity contribution in [2.45, 2.75) is 102 Å². The summed E-state index contributed by atoms with van der Waals surface area (Å²) in [6.45, 7) is 4.64. The molecule has 1 aliphatic carbocycles. The van der Waals surface area contributed by atoms with Crippen molar-refractivity contribution in [2.24, 2.45) is 5.41 Å². The summed E-state index contributed by atoms with van der Waals surface area (Å²) in [6.07, 6.45) is 19.5. The van der Waals surface area contributed by atoms with E-state index in [4.69, 9.17) is 16.7 Å². The third kappa shape index (κ3) is 6.88. The summed E-state index contributed by atoms with van der Waals surface area (Å²) in [5.41, 5.74) is 0.701. The first kappa shape index (κ1) is 21.8. The van der Waals surface area contributed by atoms with E-state index >= 15 is 0 Å². The van der Waals surface area contributed by atoms with E-state index < -0.39 is 5.97 Å². The molecule has 0 radical (unpaired) electrons. The van der Waals surface area contributed by atoms with Crippen molar-refractivity contribution < 1.29 is 9.90 Å². The highest BCUT2D eigenvalue weighted by atomic mass is 35.5. The molecular formula is C22H38ClNO2. The van der Waals surface area contributed by atoms with Gasteiger partial charge in [0, 0.05) is 12.5 Å². The van der Waals surface area contributed by atoms with E-state index in [1.54, 1.807) is 0 Å². The van der Waals surface area contributed by atoms with E-state index in [2.05, 4.69) is 24.0 Å². The lowest BCUT2D eigenvalue weighted by Crippen LogP contribution is -2.34. The molecule has 2 fully saturated rings. The first-order valence-corrected chi connectivity index (χ1v) is 11.2. The van der Waals surface area contributed by atoms with Crippen molar-refractivity contribution >= 4 is 17.6 Å². The van der Waals surface area contributed by atoms with Crippen LogP contribution in [0.5, 0.6) is 0 Å². The smallest absolute Gasteiger partial charge is 0.303 e. The van der Waals surface area contributed by atoms with Gasteiger partial charge >= 0.3 is 5.97 Å². The third-order valence-corrected chi connectivity index (χ3v) is 6.99. The number of alkyl halides is 1. The van der Waals surface area contributed by atoms with Crippen molar-refractivity contribution in [1.82, 2.24) is 4.90 Å². The van der Waals surface area contributed by atoms with Gasteiger partial charge in [0.25, 0.3) is 0 Å². The fourth-order valence-electron chi connectivity index (χ4n) is 4.82. The minimum atomic E-state index is -0.705. The van der Waals surface area contributed by atoms with Gasteiger partial charge in [-0.15, -0.1) is 11.6 Å². The van der Waals surface area contributed by atoms with Gasteiger partial charge in [-0.3, -0.25) is 9.69 Å². The zero-order chi connectivity index (χ0) is 18.8. The molecule has 1 saturated carbocycles. The Hall–Kier alpha value is -0.540. The summed E-state index contributed by atoms with van der Waals surface area (Å²) >= 11 is 6.56. The Labute approximate surface area is 165 Å². The summed E-state index contributed by atoms with van der Waals surface area (Å²) in [4.78, 5) is 13.1. The number of rotatable bonds is 13. The highest BCUT2D eigenvalue weighted by Crippen LogP contribution is 2.48. The molecule has 1 N–H and O–H groups in total. The normalized spacial score (nSPS) is 25.6. The number of hydrogen-bond acceptors (Lipinski definition) is 2. The van der Waals surface area contributed by atoms with Gasteiger partial charge in [-0.2, -0.15) is 0 Å². The summed E-state index contributed by atoms with van der Waals surface area (Å²) in [6, 6.07) is 0.459. The van der Waals surface area contributed by atoms with Crippen LogP contribution >= 0.6 is 11.6 Å². The molecule has 0 bridgehead atoms. The zero-order valence-corrected chi connectivity index (χ0v) is 17.4. The second-order valence-corrected chi connectivity index (χ2v) is 9.02. The van der Waals surface area contributed by atoms with Gasteiger partial charge in [0.15, 0.2) is 0 Å². The molecule has 3 nitrogen and oxygen atoms in total. The molecule has 4 heteroatoms. The quantitative estimate of drug-likeness (QED) is 0.240. The number of halogens is 1. The van der Waals surface area contributed by atoms with Gasteiger partial charge in [-0.1, -0.05) is 38.3 Å². The van der Waals surface area contributed by atoms with E-state index in [1.807, 2.05) is 0 Å². The lowest BCUT2D eigenvalue weighted by molar-refractivity contribution is -0.137. The van der Waals surface area contributed by atoms with E-state index in [-0.39, 0.29) is 11.8 Å². The number of hydrogen-bond donors (Lipinski definition) is 1. The second kappa shape index (κ2) is 11.3. The van der Waals surface area contributed by atoms with Gasteiger partial charge in [-0.25, -0.2) is 0 Å². The highest BCUT2D eigenvalue weighted by Gasteiger charge is 2.35. The number of likely N-dealkylation sites (tertiary alicyclic amines) is 1. The number of carboxylic acids is 1. The fraction of sp³-hybridized carbons (Fsp3) is 0.864. The number of nitrogens with zero attached hydrogens (tertiary/aromatic N) is 1. The Morgan fingerprint density at radius 3 is 2.69 bits per heavy atom. The van der Waals surface area contributed by atoms with Gasteiger partial charge in [0.1, 0.15) is 0 Å². The Morgan fingerprint density at radius 2 is 2.04 bits per heavy atom. The molecular weight excluding hydrogens is 346 g/mol. The monoisotopic (exact) mass is 383 g/mol. The summed E-state index contributed by atoms with van der Waals surface area (Å²) in [7, 11) is 0. The SMILES string of the molecule is CCCC1(CCCCN2CC[C@@H](Cl)[C@@H]2C/C=C\CCCC(=O)O)CCC1. The van der Waals surface area contributed by atoms with E-state index in [9.17, 15) is 4.79 Å². The zero-order valence-electron chi connectivity index (χ0n) is 16.6. The Bertz CT molecular complexity index is 447. The average Bonchev–Trinajstić information content (AvgIpc) is 2.92. The Balaban J connectivity index is 1.64. The summed E-state index contributed by atoms with van der Waals surface area (Å²) < 4.78 is 0. The number of carbonyl (C=O) groups is 1. The van der Waals surface area contributed by atoms with Crippen molar-refractivity contribution in [3.8, 4) is 0 Å². The summed E-state index contributed by atoms with van der Waals surface area (Å²) in [5.74, 6) is -0.705.